The smallest absolute Gasteiger partial charge is 0.317 e. The Balaban J connectivity index is 2.22. The molecular weight excluding hydrogens is 252 g/mol. The van der Waals surface area contributed by atoms with Crippen LogP contribution >= 0.6 is 0 Å². The van der Waals surface area contributed by atoms with Crippen molar-refractivity contribution in [2.45, 2.75) is 78.4 Å². The van der Waals surface area contributed by atoms with Gasteiger partial charge in [-0.05, 0) is 44.6 Å². The fourth-order valence-electron chi connectivity index (χ4n) is 2.83. The van der Waals surface area contributed by atoms with E-state index in [9.17, 15) is 4.79 Å². The van der Waals surface area contributed by atoms with Crippen LogP contribution in [-0.4, -0.2) is 47.2 Å². The molecule has 0 spiro atoms. The first-order valence-electron chi connectivity index (χ1n) is 7.93. The zero-order valence-electron chi connectivity index (χ0n) is 13.8. The lowest BCUT2D eigenvalue weighted by atomic mass is 9.84. The van der Waals surface area contributed by atoms with Crippen molar-refractivity contribution < 1.29 is 9.90 Å². The van der Waals surface area contributed by atoms with Gasteiger partial charge in [0.1, 0.15) is 0 Å². The highest BCUT2D eigenvalue weighted by Gasteiger charge is 2.34. The Hall–Kier alpha value is -0.610. The molecule has 1 fully saturated rings. The van der Waals surface area contributed by atoms with Crippen molar-refractivity contribution in [1.82, 2.24) is 10.2 Å². The van der Waals surface area contributed by atoms with Gasteiger partial charge in [0, 0.05) is 18.1 Å². The maximum atomic E-state index is 10.8. The number of nitrogens with one attached hydrogen (secondary N) is 1. The number of carboxylic acids is 1. The number of likely N-dealkylation sites (N-methyl/N-ethyl adjacent to an activating group) is 1. The Morgan fingerprint density at radius 3 is 2.45 bits per heavy atom. The third-order valence-electron chi connectivity index (χ3n) is 4.22. The zero-order valence-corrected chi connectivity index (χ0v) is 13.8. The van der Waals surface area contributed by atoms with Gasteiger partial charge in [-0.2, -0.15) is 0 Å². The van der Waals surface area contributed by atoms with Crippen molar-refractivity contribution in [2.24, 2.45) is 5.41 Å². The standard InChI is InChI=1S/C16H32N2O2/c1-6-18(11-15(19)20)14-9-13(10-14)17-12(2)7-8-16(3,4)5/h12-14,17H,6-11H2,1-5H3,(H,19,20). The van der Waals surface area contributed by atoms with Crippen molar-refractivity contribution in [3.8, 4) is 0 Å². The van der Waals surface area contributed by atoms with Crippen molar-refractivity contribution in [2.75, 3.05) is 13.1 Å². The van der Waals surface area contributed by atoms with Gasteiger partial charge < -0.3 is 10.4 Å². The fraction of sp³-hybridized carbons (Fsp3) is 0.938. The van der Waals surface area contributed by atoms with Gasteiger partial charge >= 0.3 is 5.97 Å². The first-order valence-corrected chi connectivity index (χ1v) is 7.93. The van der Waals surface area contributed by atoms with Gasteiger partial charge in [0.15, 0.2) is 0 Å². The third kappa shape index (κ3) is 6.23. The molecule has 1 rings (SSSR count). The summed E-state index contributed by atoms with van der Waals surface area (Å²) in [4.78, 5) is 12.9. The maximum absolute atomic E-state index is 10.8. The summed E-state index contributed by atoms with van der Waals surface area (Å²) in [5.74, 6) is -0.721. The highest BCUT2D eigenvalue weighted by Crippen LogP contribution is 2.27. The number of hydrogen-bond acceptors (Lipinski definition) is 3. The van der Waals surface area contributed by atoms with Crippen LogP contribution in [0.15, 0.2) is 0 Å². The molecular formula is C16H32N2O2. The summed E-state index contributed by atoms with van der Waals surface area (Å²) in [5.41, 5.74) is 0.401. The predicted octanol–water partition coefficient (Wildman–Crippen LogP) is 2.73. The molecule has 1 aliphatic carbocycles. The van der Waals surface area contributed by atoms with E-state index in [-0.39, 0.29) is 6.54 Å². The Morgan fingerprint density at radius 1 is 1.40 bits per heavy atom. The summed E-state index contributed by atoms with van der Waals surface area (Å²) >= 11 is 0. The van der Waals surface area contributed by atoms with Gasteiger partial charge in [-0.15, -0.1) is 0 Å². The van der Waals surface area contributed by atoms with Crippen LogP contribution in [-0.2, 0) is 4.79 Å². The lowest BCUT2D eigenvalue weighted by Crippen LogP contribution is -2.55. The third-order valence-corrected chi connectivity index (χ3v) is 4.22. The molecule has 0 aromatic carbocycles. The van der Waals surface area contributed by atoms with E-state index in [1.165, 1.54) is 12.8 Å². The molecule has 0 bridgehead atoms. The molecule has 0 heterocycles. The van der Waals surface area contributed by atoms with E-state index in [0.29, 0.717) is 23.5 Å². The van der Waals surface area contributed by atoms with E-state index < -0.39 is 5.97 Å². The molecule has 0 radical (unpaired) electrons. The summed E-state index contributed by atoms with van der Waals surface area (Å²) in [7, 11) is 0. The van der Waals surface area contributed by atoms with Crippen LogP contribution in [0.1, 0.15) is 60.3 Å². The summed E-state index contributed by atoms with van der Waals surface area (Å²) in [6.45, 7) is 12.1. The first-order chi connectivity index (χ1) is 9.21. The summed E-state index contributed by atoms with van der Waals surface area (Å²) in [6.07, 6.45) is 4.61. The van der Waals surface area contributed by atoms with Crippen molar-refractivity contribution in [3.05, 3.63) is 0 Å². The topological polar surface area (TPSA) is 52.6 Å². The SMILES string of the molecule is CCN(CC(=O)O)C1CC(NC(C)CCC(C)(C)C)C1. The van der Waals surface area contributed by atoms with Crippen LogP contribution in [0.5, 0.6) is 0 Å². The largest absolute Gasteiger partial charge is 0.480 e. The fourth-order valence-corrected chi connectivity index (χ4v) is 2.83. The van der Waals surface area contributed by atoms with Gasteiger partial charge in [0.05, 0.1) is 6.54 Å². The van der Waals surface area contributed by atoms with Crippen LogP contribution in [0.3, 0.4) is 0 Å². The van der Waals surface area contributed by atoms with E-state index in [1.54, 1.807) is 0 Å². The summed E-state index contributed by atoms with van der Waals surface area (Å²) in [5, 5.41) is 12.6. The molecule has 4 heteroatoms. The Labute approximate surface area is 123 Å². The number of carboxylic acid groups (broad SMARTS) is 1. The monoisotopic (exact) mass is 284 g/mol. The van der Waals surface area contributed by atoms with Crippen LogP contribution < -0.4 is 5.32 Å². The number of nitrogens with zero attached hydrogens (tertiary/aromatic N) is 1. The quantitative estimate of drug-likeness (QED) is 0.719. The van der Waals surface area contributed by atoms with E-state index in [4.69, 9.17) is 5.11 Å². The zero-order chi connectivity index (χ0) is 15.3. The molecule has 1 aliphatic rings. The molecule has 0 saturated heterocycles. The van der Waals surface area contributed by atoms with Crippen molar-refractivity contribution >= 4 is 5.97 Å². The average Bonchev–Trinajstić information content (AvgIpc) is 2.27. The van der Waals surface area contributed by atoms with Crippen LogP contribution in [0.4, 0.5) is 0 Å². The summed E-state index contributed by atoms with van der Waals surface area (Å²) in [6, 6.07) is 1.57. The number of aliphatic carboxylic acids is 1. The second-order valence-electron chi connectivity index (χ2n) is 7.45. The number of carbonyl (C=O) groups is 1. The molecule has 2 N–H and O–H groups in total. The Morgan fingerprint density at radius 2 is 2.00 bits per heavy atom. The molecule has 1 unspecified atom stereocenters. The molecule has 1 atom stereocenters. The first kappa shape index (κ1) is 17.4. The molecule has 0 aliphatic heterocycles. The minimum atomic E-state index is -0.721. The van der Waals surface area contributed by atoms with E-state index in [2.05, 4.69) is 37.9 Å². The lowest BCUT2D eigenvalue weighted by molar-refractivity contribution is -0.139. The van der Waals surface area contributed by atoms with Gasteiger partial charge in [-0.1, -0.05) is 27.7 Å². The van der Waals surface area contributed by atoms with Crippen molar-refractivity contribution in [3.63, 3.8) is 0 Å². The van der Waals surface area contributed by atoms with E-state index >= 15 is 0 Å². The van der Waals surface area contributed by atoms with Gasteiger partial charge in [0.25, 0.3) is 0 Å². The molecule has 0 amide bonds. The highest BCUT2D eigenvalue weighted by molar-refractivity contribution is 5.69. The average molecular weight is 284 g/mol. The van der Waals surface area contributed by atoms with Gasteiger partial charge in [-0.25, -0.2) is 0 Å². The lowest BCUT2D eigenvalue weighted by Gasteiger charge is -2.43. The van der Waals surface area contributed by atoms with Crippen LogP contribution in [0.25, 0.3) is 0 Å². The van der Waals surface area contributed by atoms with Crippen LogP contribution in [0, 0.1) is 5.41 Å². The minimum Gasteiger partial charge on any atom is -0.480 e. The Bertz CT molecular complexity index is 306. The van der Waals surface area contributed by atoms with E-state index in [1.807, 2.05) is 6.92 Å². The van der Waals surface area contributed by atoms with E-state index in [0.717, 1.165) is 19.4 Å². The van der Waals surface area contributed by atoms with Gasteiger partial charge in [0.2, 0.25) is 0 Å². The second-order valence-corrected chi connectivity index (χ2v) is 7.45. The highest BCUT2D eigenvalue weighted by atomic mass is 16.4. The second kappa shape index (κ2) is 7.41. The van der Waals surface area contributed by atoms with Crippen LogP contribution in [0.2, 0.25) is 0 Å². The molecule has 20 heavy (non-hydrogen) atoms. The number of hydrogen-bond donors (Lipinski definition) is 2. The van der Waals surface area contributed by atoms with Gasteiger partial charge in [-0.3, -0.25) is 9.69 Å². The molecule has 0 aromatic rings. The minimum absolute atomic E-state index is 0.174. The Kier molecular flexibility index (Phi) is 6.46. The molecule has 0 aromatic heterocycles. The maximum Gasteiger partial charge on any atom is 0.317 e. The normalized spacial score (nSPS) is 24.5. The molecule has 4 nitrogen and oxygen atoms in total. The molecule has 118 valence electrons. The molecule has 1 saturated carbocycles. The summed E-state index contributed by atoms with van der Waals surface area (Å²) < 4.78 is 0. The predicted molar refractivity (Wildman–Crippen MR) is 83.0 cm³/mol. The van der Waals surface area contributed by atoms with Crippen molar-refractivity contribution in [1.29, 1.82) is 0 Å². The number of rotatable bonds is 8.